The van der Waals surface area contributed by atoms with E-state index < -0.39 is 17.7 Å². The van der Waals surface area contributed by atoms with Crippen LogP contribution >= 0.6 is 0 Å². The molecule has 4 heterocycles. The first-order chi connectivity index (χ1) is 15.3. The van der Waals surface area contributed by atoms with E-state index in [1.165, 1.54) is 4.90 Å². The predicted octanol–water partition coefficient (Wildman–Crippen LogP) is 1.09. The van der Waals surface area contributed by atoms with Gasteiger partial charge in [-0.2, -0.15) is 0 Å². The third kappa shape index (κ3) is 5.12. The first kappa shape index (κ1) is 22.3. The van der Waals surface area contributed by atoms with Gasteiger partial charge < -0.3 is 29.6 Å². The summed E-state index contributed by atoms with van der Waals surface area (Å²) in [5.41, 5.74) is -0.281. The largest absolute Gasteiger partial charge is 0.481 e. The van der Waals surface area contributed by atoms with E-state index in [0.717, 1.165) is 31.6 Å². The van der Waals surface area contributed by atoms with E-state index in [0.29, 0.717) is 25.9 Å². The Morgan fingerprint density at radius 2 is 1.91 bits per heavy atom. The maximum atomic E-state index is 12.8. The highest BCUT2D eigenvalue weighted by molar-refractivity contribution is 5.79. The van der Waals surface area contributed by atoms with Crippen LogP contribution in [0.15, 0.2) is 24.5 Å². The summed E-state index contributed by atoms with van der Waals surface area (Å²) in [6.45, 7) is 2.50. The number of β-amino-alcohol motifs (C(OH)–C–C–N with tert-alkyl or cyclic N) is 1. The molecule has 10 nitrogen and oxygen atoms in total. The quantitative estimate of drug-likeness (QED) is 0.666. The molecule has 3 fully saturated rings. The highest BCUT2D eigenvalue weighted by Crippen LogP contribution is 2.28. The van der Waals surface area contributed by atoms with Crippen LogP contribution < -0.4 is 4.90 Å². The molecule has 0 saturated carbocycles. The van der Waals surface area contributed by atoms with Crippen LogP contribution in [0.2, 0.25) is 0 Å². The summed E-state index contributed by atoms with van der Waals surface area (Å²) >= 11 is 0. The molecule has 3 aliphatic rings. The molecular formula is C22H30N4O6. The Hall–Kier alpha value is -2.88. The number of hydrogen-bond acceptors (Lipinski definition) is 7. The maximum Gasteiger partial charge on any atom is 0.410 e. The van der Waals surface area contributed by atoms with E-state index in [2.05, 4.69) is 9.88 Å². The van der Waals surface area contributed by atoms with Gasteiger partial charge >= 0.3 is 12.1 Å². The molecule has 3 saturated heterocycles. The number of carboxylic acid groups (broad SMARTS) is 1. The minimum Gasteiger partial charge on any atom is -0.481 e. The normalized spacial score (nSPS) is 26.8. The van der Waals surface area contributed by atoms with E-state index in [4.69, 9.17) is 9.84 Å². The number of carboxylic acids is 1. The van der Waals surface area contributed by atoms with E-state index in [1.54, 1.807) is 17.3 Å². The van der Waals surface area contributed by atoms with Crippen molar-refractivity contribution in [1.29, 1.82) is 0 Å². The Morgan fingerprint density at radius 1 is 1.19 bits per heavy atom. The fraction of sp³-hybridized carbons (Fsp3) is 0.636. The number of carbonyl (C=O) groups is 3. The summed E-state index contributed by atoms with van der Waals surface area (Å²) in [5, 5.41) is 19.5. The van der Waals surface area contributed by atoms with Crippen molar-refractivity contribution >= 4 is 23.7 Å². The Bertz CT molecular complexity index is 844. The molecule has 4 rings (SSSR count). The van der Waals surface area contributed by atoms with Crippen LogP contribution in [0.5, 0.6) is 0 Å². The summed E-state index contributed by atoms with van der Waals surface area (Å²) in [4.78, 5) is 45.8. The van der Waals surface area contributed by atoms with Crippen LogP contribution in [0.25, 0.3) is 0 Å². The van der Waals surface area contributed by atoms with Crippen LogP contribution in [0.1, 0.15) is 38.5 Å². The van der Waals surface area contributed by atoms with Crippen molar-refractivity contribution in [3.05, 3.63) is 24.5 Å². The van der Waals surface area contributed by atoms with E-state index in [9.17, 15) is 19.5 Å². The molecule has 0 bridgehead atoms. The van der Waals surface area contributed by atoms with E-state index in [-0.39, 0.29) is 37.4 Å². The SMILES string of the molecule is O=C(O)CC1(O)CCCN(C(=O)CC2CN(C3CCN(c4ccncc4)CC3)C(=O)O2)C1. The summed E-state index contributed by atoms with van der Waals surface area (Å²) < 4.78 is 5.48. The van der Waals surface area contributed by atoms with Gasteiger partial charge in [0.1, 0.15) is 6.10 Å². The van der Waals surface area contributed by atoms with Crippen molar-refractivity contribution in [2.45, 2.75) is 56.3 Å². The highest BCUT2D eigenvalue weighted by atomic mass is 16.6. The van der Waals surface area contributed by atoms with Crippen LogP contribution in [0, 0.1) is 0 Å². The molecule has 2 unspecified atom stereocenters. The summed E-state index contributed by atoms with van der Waals surface area (Å²) in [7, 11) is 0. The van der Waals surface area contributed by atoms with Crippen LogP contribution in [0.4, 0.5) is 10.5 Å². The maximum absolute atomic E-state index is 12.8. The molecule has 10 heteroatoms. The van der Waals surface area contributed by atoms with Gasteiger partial charge in [0, 0.05) is 50.3 Å². The molecule has 174 valence electrons. The number of pyridine rings is 1. The number of carbonyl (C=O) groups excluding carboxylic acids is 2. The lowest BCUT2D eigenvalue weighted by Crippen LogP contribution is -2.51. The van der Waals surface area contributed by atoms with Gasteiger partial charge in [-0.25, -0.2) is 4.79 Å². The fourth-order valence-electron chi connectivity index (χ4n) is 5.01. The van der Waals surface area contributed by atoms with Crippen molar-refractivity contribution in [2.75, 3.05) is 37.6 Å². The lowest BCUT2D eigenvalue weighted by molar-refractivity contribution is -0.150. The van der Waals surface area contributed by atoms with Crippen LogP contribution in [-0.2, 0) is 14.3 Å². The molecule has 3 aliphatic heterocycles. The molecule has 0 radical (unpaired) electrons. The molecule has 0 aromatic carbocycles. The van der Waals surface area contributed by atoms with Crippen molar-refractivity contribution in [1.82, 2.24) is 14.8 Å². The first-order valence-electron chi connectivity index (χ1n) is 11.2. The van der Waals surface area contributed by atoms with Gasteiger partial charge in [-0.3, -0.25) is 14.6 Å². The summed E-state index contributed by atoms with van der Waals surface area (Å²) in [5.74, 6) is -1.31. The number of aromatic nitrogens is 1. The molecule has 1 aromatic heterocycles. The van der Waals surface area contributed by atoms with Gasteiger partial charge in [-0.15, -0.1) is 0 Å². The number of ether oxygens (including phenoxy) is 1. The lowest BCUT2D eigenvalue weighted by atomic mass is 9.89. The second-order valence-corrected chi connectivity index (χ2v) is 9.00. The van der Waals surface area contributed by atoms with Crippen LogP contribution in [-0.4, -0.2) is 93.4 Å². The fourth-order valence-corrected chi connectivity index (χ4v) is 5.01. The molecule has 2 N–H and O–H groups in total. The summed E-state index contributed by atoms with van der Waals surface area (Å²) in [6, 6.07) is 4.03. The standard InChI is InChI=1S/C22H30N4O6/c27-19(25-9-1-6-22(31,15-25)13-20(28)29)12-18-14-26(21(30)32-18)17-4-10-24(11-5-17)16-2-7-23-8-3-16/h2-3,7-8,17-18,31H,1,4-6,9-15H2,(H,28,29). The Labute approximate surface area is 186 Å². The summed E-state index contributed by atoms with van der Waals surface area (Å²) in [6.07, 6.45) is 4.84. The van der Waals surface area contributed by atoms with Gasteiger partial charge in [0.2, 0.25) is 5.91 Å². The number of aliphatic hydroxyl groups is 1. The number of piperidine rings is 2. The smallest absolute Gasteiger partial charge is 0.410 e. The van der Waals surface area contributed by atoms with Gasteiger partial charge in [0.05, 0.1) is 25.0 Å². The first-order valence-corrected chi connectivity index (χ1v) is 11.2. The number of amides is 2. The van der Waals surface area contributed by atoms with Gasteiger partial charge in [0.25, 0.3) is 0 Å². The molecular weight excluding hydrogens is 416 g/mol. The molecule has 32 heavy (non-hydrogen) atoms. The molecule has 0 aliphatic carbocycles. The van der Waals surface area contributed by atoms with Crippen molar-refractivity contribution in [3.8, 4) is 0 Å². The Morgan fingerprint density at radius 3 is 2.59 bits per heavy atom. The Kier molecular flexibility index (Phi) is 6.50. The molecule has 2 amide bonds. The second-order valence-electron chi connectivity index (χ2n) is 9.00. The third-order valence-electron chi connectivity index (χ3n) is 6.63. The molecule has 1 aromatic rings. The number of rotatable bonds is 6. The lowest BCUT2D eigenvalue weighted by Gasteiger charge is -2.38. The average Bonchev–Trinajstić information content (AvgIpc) is 3.13. The number of nitrogens with zero attached hydrogens (tertiary/aromatic N) is 4. The monoisotopic (exact) mass is 446 g/mol. The van der Waals surface area contributed by atoms with Crippen molar-refractivity contribution < 1.29 is 29.3 Å². The average molecular weight is 447 g/mol. The number of likely N-dealkylation sites (tertiary alicyclic amines) is 1. The topological polar surface area (TPSA) is 124 Å². The number of cyclic esters (lactones) is 1. The highest BCUT2D eigenvalue weighted by Gasteiger charge is 2.41. The third-order valence-corrected chi connectivity index (χ3v) is 6.63. The minimum atomic E-state index is -1.40. The van der Waals surface area contributed by atoms with Crippen molar-refractivity contribution in [2.24, 2.45) is 0 Å². The zero-order valence-corrected chi connectivity index (χ0v) is 18.1. The van der Waals surface area contributed by atoms with Gasteiger partial charge in [-0.05, 0) is 37.8 Å². The molecule has 2 atom stereocenters. The second kappa shape index (κ2) is 9.32. The van der Waals surface area contributed by atoms with Gasteiger partial charge in [0.15, 0.2) is 0 Å². The van der Waals surface area contributed by atoms with Crippen LogP contribution in [0.3, 0.4) is 0 Å². The zero-order valence-electron chi connectivity index (χ0n) is 18.1. The van der Waals surface area contributed by atoms with E-state index >= 15 is 0 Å². The zero-order chi connectivity index (χ0) is 22.7. The van der Waals surface area contributed by atoms with Gasteiger partial charge in [-0.1, -0.05) is 0 Å². The number of hydrogen-bond donors (Lipinski definition) is 2. The van der Waals surface area contributed by atoms with E-state index in [1.807, 2.05) is 12.1 Å². The predicted molar refractivity (Wildman–Crippen MR) is 114 cm³/mol. The number of anilines is 1. The Balaban J connectivity index is 1.28. The molecule has 0 spiro atoms. The number of aliphatic carboxylic acids is 1. The minimum absolute atomic E-state index is 0.00399. The van der Waals surface area contributed by atoms with Crippen molar-refractivity contribution in [3.63, 3.8) is 0 Å².